The van der Waals surface area contributed by atoms with Crippen LogP contribution in [-0.2, 0) is 0 Å². The molecule has 3 aromatic rings. The largest absolute Gasteiger partial charge is 0.493 e. The van der Waals surface area contributed by atoms with E-state index in [4.69, 9.17) is 28.4 Å². The molecule has 6 nitrogen and oxygen atoms in total. The summed E-state index contributed by atoms with van der Waals surface area (Å²) in [6, 6.07) is 18.9. The molecule has 9 heteroatoms. The Labute approximate surface area is 247 Å². The third-order valence-corrected chi connectivity index (χ3v) is 14.6. The number of benzene rings is 3. The summed E-state index contributed by atoms with van der Waals surface area (Å²) in [6.45, 7) is 7.37. The molecule has 0 amide bonds. The van der Waals surface area contributed by atoms with Crippen LogP contribution >= 0.6 is 0 Å². The summed E-state index contributed by atoms with van der Waals surface area (Å²) < 4.78 is 34.4. The predicted molar refractivity (Wildman–Crippen MR) is 175 cm³/mol. The Morgan fingerprint density at radius 2 is 0.700 bits per heavy atom. The zero-order valence-electron chi connectivity index (χ0n) is 25.6. The van der Waals surface area contributed by atoms with Crippen LogP contribution in [0.4, 0.5) is 0 Å². The molecule has 0 saturated carbocycles. The van der Waals surface area contributed by atoms with Gasteiger partial charge < -0.3 is 28.4 Å². The first-order chi connectivity index (χ1) is 19.3. The highest BCUT2D eigenvalue weighted by Gasteiger charge is 2.32. The SMILES string of the molecule is COc1cccc([SiH2]C(C)C(C(C)[SiH2]c2cccc(OC)c2OC)C(C)[SiH2]c2cccc(OC)c2OC)c1OC. The lowest BCUT2D eigenvalue weighted by molar-refractivity contribution is 0.357. The van der Waals surface area contributed by atoms with E-state index in [1.807, 2.05) is 18.2 Å². The second-order valence-corrected chi connectivity index (χ2v) is 18.0. The molecule has 0 saturated heterocycles. The zero-order valence-corrected chi connectivity index (χ0v) is 29.8. The molecule has 3 aromatic carbocycles. The summed E-state index contributed by atoms with van der Waals surface area (Å²) in [5.41, 5.74) is 1.66. The molecular weight excluding hydrogens is 553 g/mol. The predicted octanol–water partition coefficient (Wildman–Crippen LogP) is 2.56. The molecular formula is C31H46O6Si3. The number of hydrogen-bond acceptors (Lipinski definition) is 6. The lowest BCUT2D eigenvalue weighted by atomic mass is 9.98. The minimum Gasteiger partial charge on any atom is -0.493 e. The normalized spacial score (nSPS) is 14.9. The van der Waals surface area contributed by atoms with E-state index in [1.165, 1.54) is 15.6 Å². The van der Waals surface area contributed by atoms with E-state index < -0.39 is 28.6 Å². The molecule has 0 aliphatic heterocycles. The van der Waals surface area contributed by atoms with Crippen molar-refractivity contribution in [3.8, 4) is 34.5 Å². The molecule has 0 spiro atoms. The van der Waals surface area contributed by atoms with Gasteiger partial charge in [0.15, 0.2) is 34.5 Å². The fourth-order valence-corrected chi connectivity index (χ4v) is 15.6. The first-order valence-corrected chi connectivity index (χ1v) is 18.5. The van der Waals surface area contributed by atoms with Crippen LogP contribution in [0.2, 0.25) is 16.6 Å². The van der Waals surface area contributed by atoms with Crippen LogP contribution in [0.3, 0.4) is 0 Å². The van der Waals surface area contributed by atoms with Gasteiger partial charge in [-0.25, -0.2) is 0 Å². The van der Waals surface area contributed by atoms with Gasteiger partial charge in [0.2, 0.25) is 0 Å². The van der Waals surface area contributed by atoms with Gasteiger partial charge in [-0.15, -0.1) is 0 Å². The number of hydrogen-bond donors (Lipinski definition) is 0. The topological polar surface area (TPSA) is 55.4 Å². The molecule has 0 aliphatic rings. The number of para-hydroxylation sites is 3. The lowest BCUT2D eigenvalue weighted by Gasteiger charge is -2.35. The van der Waals surface area contributed by atoms with Gasteiger partial charge in [0.05, 0.1) is 71.2 Å². The van der Waals surface area contributed by atoms with Crippen LogP contribution in [0.15, 0.2) is 54.6 Å². The first kappa shape index (κ1) is 31.6. The molecule has 0 bridgehead atoms. The van der Waals surface area contributed by atoms with Gasteiger partial charge in [-0.3, -0.25) is 0 Å². The van der Waals surface area contributed by atoms with Gasteiger partial charge in [-0.1, -0.05) is 57.2 Å². The summed E-state index contributed by atoms with van der Waals surface area (Å²) in [7, 11) is 8.27. The van der Waals surface area contributed by atoms with Crippen molar-refractivity contribution >= 4 is 44.1 Å². The molecule has 0 fully saturated rings. The van der Waals surface area contributed by atoms with Crippen LogP contribution in [0.5, 0.6) is 34.5 Å². The fraction of sp³-hybridized carbons (Fsp3) is 0.419. The van der Waals surface area contributed by atoms with Crippen molar-refractivity contribution in [2.24, 2.45) is 5.92 Å². The summed E-state index contributed by atoms with van der Waals surface area (Å²) in [5.74, 6) is 5.64. The maximum Gasteiger partial charge on any atom is 0.160 e. The molecule has 0 radical (unpaired) electrons. The van der Waals surface area contributed by atoms with Crippen molar-refractivity contribution in [1.29, 1.82) is 0 Å². The van der Waals surface area contributed by atoms with Crippen LogP contribution in [0.1, 0.15) is 20.8 Å². The quantitative estimate of drug-likeness (QED) is 0.251. The number of rotatable bonds is 15. The minimum absolute atomic E-state index is 0.549. The van der Waals surface area contributed by atoms with E-state index in [0.717, 1.165) is 34.5 Å². The second kappa shape index (κ2) is 15.2. The lowest BCUT2D eigenvalue weighted by Crippen LogP contribution is -2.36. The summed E-state index contributed by atoms with van der Waals surface area (Å²) in [6.07, 6.45) is 0. The van der Waals surface area contributed by atoms with Crippen molar-refractivity contribution in [2.45, 2.75) is 37.4 Å². The molecule has 3 unspecified atom stereocenters. The second-order valence-electron chi connectivity index (χ2n) is 10.6. The molecule has 3 atom stereocenters. The summed E-state index contributed by atoms with van der Waals surface area (Å²) in [4.78, 5) is 0. The van der Waals surface area contributed by atoms with Crippen molar-refractivity contribution in [3.63, 3.8) is 0 Å². The van der Waals surface area contributed by atoms with Gasteiger partial charge in [0, 0.05) is 0 Å². The van der Waals surface area contributed by atoms with Crippen molar-refractivity contribution in [2.75, 3.05) is 42.7 Å². The van der Waals surface area contributed by atoms with E-state index in [9.17, 15) is 0 Å². The Morgan fingerprint density at radius 1 is 0.425 bits per heavy atom. The maximum atomic E-state index is 5.84. The Kier molecular flexibility index (Phi) is 12.0. The zero-order chi connectivity index (χ0) is 29.2. The average Bonchev–Trinajstić information content (AvgIpc) is 2.96. The molecule has 0 aliphatic carbocycles. The standard InChI is InChI=1S/C31H46O6Si3/c1-19(38-25-16-10-13-22(32-4)29(25)35-7)28(20(2)39-26-17-11-14-23(33-5)30(26)36-8)21(3)40-27-18-12-15-24(34-6)31(27)37-9/h10-21,28H,38-40H2,1-9H3. The molecule has 0 N–H and O–H groups in total. The van der Waals surface area contributed by atoms with E-state index >= 15 is 0 Å². The smallest absolute Gasteiger partial charge is 0.160 e. The van der Waals surface area contributed by atoms with Crippen molar-refractivity contribution in [3.05, 3.63) is 54.6 Å². The monoisotopic (exact) mass is 598 g/mol. The first-order valence-electron chi connectivity index (χ1n) is 13.9. The number of methoxy groups -OCH3 is 6. The third-order valence-electron chi connectivity index (χ3n) is 8.05. The Bertz CT molecular complexity index is 1090. The molecule has 218 valence electrons. The van der Waals surface area contributed by atoms with Gasteiger partial charge in [0.1, 0.15) is 0 Å². The number of ether oxygens (including phenoxy) is 6. The third kappa shape index (κ3) is 7.24. The molecule has 3 rings (SSSR count). The van der Waals surface area contributed by atoms with Gasteiger partial charge in [-0.05, 0) is 56.3 Å². The highest BCUT2D eigenvalue weighted by atomic mass is 28.2. The van der Waals surface area contributed by atoms with Gasteiger partial charge >= 0.3 is 0 Å². The minimum atomic E-state index is -0.696. The highest BCUT2D eigenvalue weighted by Crippen LogP contribution is 2.40. The van der Waals surface area contributed by atoms with Gasteiger partial charge in [0.25, 0.3) is 0 Å². The van der Waals surface area contributed by atoms with Crippen LogP contribution in [-0.4, -0.2) is 71.2 Å². The van der Waals surface area contributed by atoms with E-state index in [2.05, 4.69) is 57.2 Å². The maximum absolute atomic E-state index is 5.84. The highest BCUT2D eigenvalue weighted by molar-refractivity contribution is 6.60. The molecule has 0 heterocycles. The van der Waals surface area contributed by atoms with E-state index in [0.29, 0.717) is 22.5 Å². The summed E-state index contributed by atoms with van der Waals surface area (Å²) in [5, 5.41) is 3.96. The Hall–Kier alpha value is -2.89. The van der Waals surface area contributed by atoms with Crippen LogP contribution in [0.25, 0.3) is 0 Å². The van der Waals surface area contributed by atoms with Crippen molar-refractivity contribution < 1.29 is 28.4 Å². The van der Waals surface area contributed by atoms with E-state index in [-0.39, 0.29) is 0 Å². The average molecular weight is 599 g/mol. The Morgan fingerprint density at radius 3 is 0.925 bits per heavy atom. The fourth-order valence-electron chi connectivity index (χ4n) is 6.47. The molecule has 40 heavy (non-hydrogen) atoms. The van der Waals surface area contributed by atoms with Crippen LogP contribution in [0, 0.1) is 5.92 Å². The van der Waals surface area contributed by atoms with Gasteiger partial charge in [-0.2, -0.15) is 0 Å². The van der Waals surface area contributed by atoms with Crippen LogP contribution < -0.4 is 44.0 Å². The van der Waals surface area contributed by atoms with Crippen molar-refractivity contribution in [1.82, 2.24) is 0 Å². The Balaban J connectivity index is 1.99. The summed E-state index contributed by atoms with van der Waals surface area (Å²) >= 11 is 0. The van der Waals surface area contributed by atoms with E-state index in [1.54, 1.807) is 42.7 Å². The molecule has 0 aromatic heterocycles.